The number of carbonyl (C=O) groups excluding carboxylic acids is 4. The standard InChI is InChI=1S/C38H55N5O7/c1-5-25(4)36(43-33(45)15-11-16-35(47)48)38(50)42-31(22-27-17-18-27)37(49)41-30(20-24(2)3)32(44)23-34(46)40-29(28-14-9-10-19-39-28)21-26-12-7-6-8-13-26/h6-10,12-14,19,24-25,27,29-32,36,44H,5,11,15-18,20-23H2,1-4H3,(H,40,46)(H,41,49)(H,42,50)(H,43,45)(H,47,48)/t25?,29-,30-,31?,32-,36-/m0/s1. The van der Waals surface area contributed by atoms with Crippen LogP contribution in [0.25, 0.3) is 0 Å². The average Bonchev–Trinajstić information content (AvgIpc) is 3.90. The minimum absolute atomic E-state index is 0.0320. The Morgan fingerprint density at radius 2 is 1.56 bits per heavy atom. The molecule has 2 aromatic rings. The van der Waals surface area contributed by atoms with Gasteiger partial charge in [0.25, 0.3) is 0 Å². The highest BCUT2D eigenvalue weighted by atomic mass is 16.4. The maximum atomic E-state index is 13.8. The fourth-order valence-corrected chi connectivity index (χ4v) is 5.88. The number of carbonyl (C=O) groups is 5. The van der Waals surface area contributed by atoms with E-state index in [-0.39, 0.29) is 49.3 Å². The molecule has 12 nitrogen and oxygen atoms in total. The Balaban J connectivity index is 1.69. The Kier molecular flexibility index (Phi) is 16.3. The molecule has 6 N–H and O–H groups in total. The second-order valence-corrected chi connectivity index (χ2v) is 14.0. The Bertz CT molecular complexity index is 1390. The minimum atomic E-state index is -1.20. The number of aliphatic hydroxyl groups is 1. The van der Waals surface area contributed by atoms with Gasteiger partial charge in [0.05, 0.1) is 30.3 Å². The van der Waals surface area contributed by atoms with Gasteiger partial charge in [-0.15, -0.1) is 0 Å². The number of carboxylic acid groups (broad SMARTS) is 1. The van der Waals surface area contributed by atoms with Crippen LogP contribution in [0.2, 0.25) is 0 Å². The number of hydrogen-bond acceptors (Lipinski definition) is 7. The molecule has 0 aliphatic heterocycles. The summed E-state index contributed by atoms with van der Waals surface area (Å²) in [4.78, 5) is 68.6. The number of pyridine rings is 1. The molecule has 0 spiro atoms. The van der Waals surface area contributed by atoms with Gasteiger partial charge in [0.2, 0.25) is 23.6 Å². The monoisotopic (exact) mass is 693 g/mol. The van der Waals surface area contributed by atoms with E-state index in [1.54, 1.807) is 12.3 Å². The molecule has 4 amide bonds. The van der Waals surface area contributed by atoms with Gasteiger partial charge >= 0.3 is 5.97 Å². The molecule has 1 aliphatic rings. The lowest BCUT2D eigenvalue weighted by molar-refractivity contribution is -0.137. The number of nitrogens with zero attached hydrogens (tertiary/aromatic N) is 1. The largest absolute Gasteiger partial charge is 0.481 e. The van der Waals surface area contributed by atoms with Crippen molar-refractivity contribution in [1.82, 2.24) is 26.3 Å². The first-order chi connectivity index (χ1) is 23.9. The first kappa shape index (κ1) is 40.1. The molecule has 1 saturated carbocycles. The molecule has 1 aromatic carbocycles. The van der Waals surface area contributed by atoms with Crippen LogP contribution in [-0.2, 0) is 30.4 Å². The van der Waals surface area contributed by atoms with Crippen molar-refractivity contribution in [2.75, 3.05) is 0 Å². The van der Waals surface area contributed by atoms with Crippen LogP contribution in [-0.4, -0.2) is 69.0 Å². The van der Waals surface area contributed by atoms with E-state index >= 15 is 0 Å². The van der Waals surface area contributed by atoms with Crippen LogP contribution in [0.1, 0.15) is 103 Å². The van der Waals surface area contributed by atoms with Crippen LogP contribution in [0.15, 0.2) is 54.7 Å². The van der Waals surface area contributed by atoms with Crippen molar-refractivity contribution in [1.29, 1.82) is 0 Å². The fourth-order valence-electron chi connectivity index (χ4n) is 5.88. The van der Waals surface area contributed by atoms with Crippen molar-refractivity contribution in [2.45, 2.75) is 122 Å². The van der Waals surface area contributed by atoms with Crippen LogP contribution < -0.4 is 21.3 Å². The molecule has 274 valence electrons. The second kappa shape index (κ2) is 20.4. The van der Waals surface area contributed by atoms with Crippen molar-refractivity contribution >= 4 is 29.6 Å². The van der Waals surface area contributed by atoms with Gasteiger partial charge in [-0.3, -0.25) is 29.0 Å². The SMILES string of the molecule is CCC(C)[C@H](NC(=O)CCCC(=O)O)C(=O)NC(CC1CC1)C(=O)N[C@@H](CC(C)C)[C@@H](O)CC(=O)N[C@@H](Cc1ccccc1)c1ccccn1. The quantitative estimate of drug-likeness (QED) is 0.107. The van der Waals surface area contributed by atoms with Crippen LogP contribution in [0.5, 0.6) is 0 Å². The van der Waals surface area contributed by atoms with Crippen LogP contribution in [0.4, 0.5) is 0 Å². The highest BCUT2D eigenvalue weighted by Crippen LogP contribution is 2.33. The molecule has 50 heavy (non-hydrogen) atoms. The third kappa shape index (κ3) is 14.3. The van der Waals surface area contributed by atoms with Gasteiger partial charge in [-0.1, -0.05) is 83.4 Å². The van der Waals surface area contributed by atoms with Gasteiger partial charge in [-0.2, -0.15) is 0 Å². The topological polar surface area (TPSA) is 187 Å². The number of nitrogens with one attached hydrogen (secondary N) is 4. The summed E-state index contributed by atoms with van der Waals surface area (Å²) in [5.41, 5.74) is 1.71. The highest BCUT2D eigenvalue weighted by Gasteiger charge is 2.35. The molecule has 1 fully saturated rings. The Hall–Kier alpha value is -4.32. The number of hydrogen-bond donors (Lipinski definition) is 6. The normalized spacial score (nSPS) is 16.3. The number of benzene rings is 1. The zero-order valence-electron chi connectivity index (χ0n) is 29.8. The third-order valence-corrected chi connectivity index (χ3v) is 9.08. The van der Waals surface area contributed by atoms with Crippen molar-refractivity contribution in [3.8, 4) is 0 Å². The Labute approximate surface area is 295 Å². The van der Waals surface area contributed by atoms with Gasteiger partial charge in [-0.05, 0) is 61.1 Å². The number of rotatable bonds is 22. The van der Waals surface area contributed by atoms with Gasteiger partial charge < -0.3 is 31.5 Å². The van der Waals surface area contributed by atoms with Crippen LogP contribution in [0, 0.1) is 17.8 Å². The molecule has 12 heteroatoms. The first-order valence-electron chi connectivity index (χ1n) is 17.9. The van der Waals surface area contributed by atoms with Gasteiger partial charge in [0.1, 0.15) is 12.1 Å². The molecule has 1 heterocycles. The smallest absolute Gasteiger partial charge is 0.303 e. The summed E-state index contributed by atoms with van der Waals surface area (Å²) in [7, 11) is 0. The van der Waals surface area contributed by atoms with Crippen LogP contribution >= 0.6 is 0 Å². The van der Waals surface area contributed by atoms with E-state index in [4.69, 9.17) is 5.11 Å². The molecular formula is C38H55N5O7. The van der Waals surface area contributed by atoms with E-state index in [0.29, 0.717) is 31.4 Å². The summed E-state index contributed by atoms with van der Waals surface area (Å²) >= 11 is 0. The number of aliphatic hydroxyl groups excluding tert-OH is 1. The van der Waals surface area contributed by atoms with E-state index in [1.165, 1.54) is 0 Å². The highest BCUT2D eigenvalue weighted by molar-refractivity contribution is 5.92. The summed E-state index contributed by atoms with van der Waals surface area (Å²) in [5.74, 6) is -2.65. The fraction of sp³-hybridized carbons (Fsp3) is 0.579. The molecule has 0 saturated heterocycles. The van der Waals surface area contributed by atoms with E-state index in [9.17, 15) is 29.1 Å². The van der Waals surface area contributed by atoms with E-state index in [0.717, 1.165) is 18.4 Å². The number of aromatic nitrogens is 1. The van der Waals surface area contributed by atoms with Gasteiger partial charge in [0.15, 0.2) is 0 Å². The van der Waals surface area contributed by atoms with Crippen LogP contribution in [0.3, 0.4) is 0 Å². The van der Waals surface area contributed by atoms with E-state index < -0.39 is 54.0 Å². The molecule has 0 radical (unpaired) electrons. The summed E-state index contributed by atoms with van der Waals surface area (Å²) < 4.78 is 0. The molecule has 1 aromatic heterocycles. The predicted molar refractivity (Wildman–Crippen MR) is 189 cm³/mol. The maximum absolute atomic E-state index is 13.8. The number of amides is 4. The minimum Gasteiger partial charge on any atom is -0.481 e. The van der Waals surface area contributed by atoms with Gasteiger partial charge in [0, 0.05) is 19.0 Å². The lowest BCUT2D eigenvalue weighted by Gasteiger charge is -2.30. The molecular weight excluding hydrogens is 638 g/mol. The summed E-state index contributed by atoms with van der Waals surface area (Å²) in [6.45, 7) is 7.64. The van der Waals surface area contributed by atoms with E-state index in [1.807, 2.05) is 70.2 Å². The number of aliphatic carboxylic acids is 1. The Morgan fingerprint density at radius 1 is 0.860 bits per heavy atom. The molecule has 3 rings (SSSR count). The predicted octanol–water partition coefficient (Wildman–Crippen LogP) is 3.83. The lowest BCUT2D eigenvalue weighted by Crippen LogP contribution is -2.57. The summed E-state index contributed by atoms with van der Waals surface area (Å²) in [6, 6.07) is 12.3. The third-order valence-electron chi connectivity index (χ3n) is 9.08. The lowest BCUT2D eigenvalue weighted by atomic mass is 9.95. The van der Waals surface area contributed by atoms with Crippen molar-refractivity contribution < 1.29 is 34.2 Å². The average molecular weight is 694 g/mol. The second-order valence-electron chi connectivity index (χ2n) is 14.0. The van der Waals surface area contributed by atoms with Crippen molar-refractivity contribution in [3.63, 3.8) is 0 Å². The maximum Gasteiger partial charge on any atom is 0.303 e. The van der Waals surface area contributed by atoms with Crippen molar-refractivity contribution in [2.24, 2.45) is 17.8 Å². The molecule has 0 bridgehead atoms. The zero-order valence-corrected chi connectivity index (χ0v) is 29.8. The molecule has 2 unspecified atom stereocenters. The summed E-state index contributed by atoms with van der Waals surface area (Å²) in [6.07, 6.45) is 3.97. The number of carboxylic acids is 1. The van der Waals surface area contributed by atoms with Crippen molar-refractivity contribution in [3.05, 3.63) is 66.0 Å². The summed E-state index contributed by atoms with van der Waals surface area (Å²) in [5, 5.41) is 31.8. The van der Waals surface area contributed by atoms with Gasteiger partial charge in [-0.25, -0.2) is 0 Å². The first-order valence-corrected chi connectivity index (χ1v) is 17.9. The van der Waals surface area contributed by atoms with E-state index in [2.05, 4.69) is 26.3 Å². The Morgan fingerprint density at radius 3 is 2.16 bits per heavy atom. The molecule has 1 aliphatic carbocycles. The zero-order chi connectivity index (χ0) is 36.6. The molecule has 6 atom stereocenters.